The molecule has 1 N–H and O–H groups in total. The fourth-order valence-corrected chi connectivity index (χ4v) is 3.02. The Labute approximate surface area is 123 Å². The number of aliphatic hydroxyl groups is 1. The molecule has 0 unspecified atom stereocenters. The first-order valence-corrected chi connectivity index (χ1v) is 7.16. The molecule has 3 nitrogen and oxygen atoms in total. The molecule has 2 heterocycles. The number of pyridine rings is 1. The van der Waals surface area contributed by atoms with Gasteiger partial charge in [-0.05, 0) is 23.3 Å². The third-order valence-corrected chi connectivity index (χ3v) is 4.09. The number of anilines is 1. The number of para-hydroxylation sites is 1. The number of aromatic nitrogens is 1. The average molecular weight is 276 g/mol. The summed E-state index contributed by atoms with van der Waals surface area (Å²) in [6.45, 7) is 1.73. The number of rotatable bonds is 2. The van der Waals surface area contributed by atoms with Crippen molar-refractivity contribution in [2.45, 2.75) is 19.7 Å². The van der Waals surface area contributed by atoms with Crippen LogP contribution >= 0.6 is 0 Å². The van der Waals surface area contributed by atoms with Crippen molar-refractivity contribution >= 4 is 16.7 Å². The Morgan fingerprint density at radius 2 is 1.62 bits per heavy atom. The highest BCUT2D eigenvalue weighted by atomic mass is 16.3. The lowest BCUT2D eigenvalue weighted by atomic mass is 10.1. The number of benzene rings is 2. The molecule has 0 aliphatic carbocycles. The summed E-state index contributed by atoms with van der Waals surface area (Å²) in [5.74, 6) is 0.896. The minimum absolute atomic E-state index is 0.0139. The lowest BCUT2D eigenvalue weighted by Gasteiger charge is -2.20. The van der Waals surface area contributed by atoms with Gasteiger partial charge in [-0.15, -0.1) is 0 Å². The summed E-state index contributed by atoms with van der Waals surface area (Å²) < 4.78 is 0. The van der Waals surface area contributed by atoms with Crippen LogP contribution in [0.15, 0.2) is 54.6 Å². The van der Waals surface area contributed by atoms with E-state index in [0.29, 0.717) is 0 Å². The average Bonchev–Trinajstić information content (AvgIpc) is 2.97. The van der Waals surface area contributed by atoms with E-state index in [2.05, 4.69) is 29.2 Å². The van der Waals surface area contributed by atoms with Crippen molar-refractivity contribution in [1.82, 2.24) is 4.98 Å². The maximum atomic E-state index is 9.69. The normalized spacial score (nSPS) is 13.7. The highest BCUT2D eigenvalue weighted by Gasteiger charge is 2.22. The monoisotopic (exact) mass is 276 g/mol. The number of aliphatic hydroxyl groups excluding tert-OH is 1. The zero-order valence-corrected chi connectivity index (χ0v) is 11.7. The van der Waals surface area contributed by atoms with Gasteiger partial charge < -0.3 is 10.0 Å². The Bertz CT molecular complexity index is 788. The highest BCUT2D eigenvalue weighted by molar-refractivity contribution is 5.82. The van der Waals surface area contributed by atoms with Gasteiger partial charge in [0.05, 0.1) is 12.1 Å². The molecule has 1 aromatic heterocycles. The van der Waals surface area contributed by atoms with Gasteiger partial charge in [-0.2, -0.15) is 0 Å². The molecule has 0 saturated carbocycles. The van der Waals surface area contributed by atoms with Gasteiger partial charge in [0, 0.05) is 24.0 Å². The maximum Gasteiger partial charge on any atom is 0.135 e. The summed E-state index contributed by atoms with van der Waals surface area (Å²) in [6, 6.07) is 18.6. The summed E-state index contributed by atoms with van der Waals surface area (Å²) in [5.41, 5.74) is 4.55. The van der Waals surface area contributed by atoms with Crippen LogP contribution in [0, 0.1) is 0 Å². The fraction of sp³-hybridized carbons (Fsp3) is 0.167. The van der Waals surface area contributed by atoms with Crippen molar-refractivity contribution in [3.63, 3.8) is 0 Å². The molecule has 0 saturated heterocycles. The Morgan fingerprint density at radius 1 is 0.952 bits per heavy atom. The third-order valence-electron chi connectivity index (χ3n) is 4.09. The summed E-state index contributed by atoms with van der Waals surface area (Å²) in [4.78, 5) is 7.02. The van der Waals surface area contributed by atoms with Crippen LogP contribution in [0.25, 0.3) is 10.9 Å². The van der Waals surface area contributed by atoms with Crippen LogP contribution in [-0.4, -0.2) is 10.1 Å². The van der Waals surface area contributed by atoms with Crippen LogP contribution in [0.1, 0.15) is 16.7 Å². The predicted octanol–water partition coefficient (Wildman–Crippen LogP) is 3.25. The molecule has 0 radical (unpaired) electrons. The predicted molar refractivity (Wildman–Crippen MR) is 84.0 cm³/mol. The van der Waals surface area contributed by atoms with E-state index in [1.807, 2.05) is 30.3 Å². The second kappa shape index (κ2) is 4.86. The molecule has 0 atom stereocenters. The first-order chi connectivity index (χ1) is 10.3. The van der Waals surface area contributed by atoms with Crippen LogP contribution in [0.3, 0.4) is 0 Å². The van der Waals surface area contributed by atoms with Gasteiger partial charge in [-0.1, -0.05) is 42.5 Å². The first-order valence-electron chi connectivity index (χ1n) is 7.16. The number of hydrogen-bond donors (Lipinski definition) is 1. The molecule has 104 valence electrons. The van der Waals surface area contributed by atoms with E-state index in [9.17, 15) is 5.11 Å². The van der Waals surface area contributed by atoms with Crippen molar-refractivity contribution in [2.24, 2.45) is 0 Å². The molecule has 4 rings (SSSR count). The molecule has 0 amide bonds. The summed E-state index contributed by atoms with van der Waals surface area (Å²) in [7, 11) is 0. The van der Waals surface area contributed by atoms with Gasteiger partial charge in [0.15, 0.2) is 0 Å². The Hall–Kier alpha value is -2.39. The van der Waals surface area contributed by atoms with E-state index >= 15 is 0 Å². The molecule has 21 heavy (non-hydrogen) atoms. The van der Waals surface area contributed by atoms with E-state index in [0.717, 1.165) is 35.4 Å². The van der Waals surface area contributed by atoms with Gasteiger partial charge in [0.1, 0.15) is 5.82 Å². The zero-order chi connectivity index (χ0) is 14.2. The van der Waals surface area contributed by atoms with Crippen molar-refractivity contribution in [3.8, 4) is 0 Å². The van der Waals surface area contributed by atoms with Gasteiger partial charge in [0.25, 0.3) is 0 Å². The van der Waals surface area contributed by atoms with Crippen LogP contribution in [-0.2, 0) is 19.7 Å². The molecule has 1 aliphatic heterocycles. The molecule has 0 spiro atoms. The Morgan fingerprint density at radius 3 is 2.33 bits per heavy atom. The van der Waals surface area contributed by atoms with E-state index in [1.165, 1.54) is 11.1 Å². The first kappa shape index (κ1) is 12.4. The highest BCUT2D eigenvalue weighted by Crippen LogP contribution is 2.31. The minimum Gasteiger partial charge on any atom is -0.392 e. The SMILES string of the molecule is OCc1cc2ccccc2nc1N1Cc2ccccc2C1. The van der Waals surface area contributed by atoms with Crippen LogP contribution in [0.4, 0.5) is 5.82 Å². The standard InChI is InChI=1S/C18H16N2O/c21-12-16-9-13-5-3-4-8-17(13)19-18(16)20-10-14-6-1-2-7-15(14)11-20/h1-9,21H,10-12H2. The summed E-state index contributed by atoms with van der Waals surface area (Å²) in [6.07, 6.45) is 0. The molecule has 1 aliphatic rings. The van der Waals surface area contributed by atoms with Crippen molar-refractivity contribution in [2.75, 3.05) is 4.90 Å². The maximum absolute atomic E-state index is 9.69. The topological polar surface area (TPSA) is 36.4 Å². The van der Waals surface area contributed by atoms with Crippen LogP contribution < -0.4 is 4.90 Å². The van der Waals surface area contributed by atoms with Crippen LogP contribution in [0.5, 0.6) is 0 Å². The summed E-state index contributed by atoms with van der Waals surface area (Å²) >= 11 is 0. The molecule has 0 fully saturated rings. The van der Waals surface area contributed by atoms with E-state index in [4.69, 9.17) is 4.98 Å². The quantitative estimate of drug-likeness (QED) is 0.780. The zero-order valence-electron chi connectivity index (χ0n) is 11.7. The molecule has 3 aromatic rings. The fourth-order valence-electron chi connectivity index (χ4n) is 3.02. The van der Waals surface area contributed by atoms with Crippen LogP contribution in [0.2, 0.25) is 0 Å². The van der Waals surface area contributed by atoms with Gasteiger partial charge >= 0.3 is 0 Å². The molecule has 3 heteroatoms. The van der Waals surface area contributed by atoms with Gasteiger partial charge in [0.2, 0.25) is 0 Å². The number of hydrogen-bond acceptors (Lipinski definition) is 3. The third kappa shape index (κ3) is 2.06. The second-order valence-corrected chi connectivity index (χ2v) is 5.45. The number of fused-ring (bicyclic) bond motifs is 2. The second-order valence-electron chi connectivity index (χ2n) is 5.45. The van der Waals surface area contributed by atoms with Crippen molar-refractivity contribution in [3.05, 3.63) is 71.3 Å². The molecule has 0 bridgehead atoms. The summed E-state index contributed by atoms with van der Waals surface area (Å²) in [5, 5.41) is 10.8. The van der Waals surface area contributed by atoms with Crippen molar-refractivity contribution in [1.29, 1.82) is 0 Å². The molecule has 2 aromatic carbocycles. The largest absolute Gasteiger partial charge is 0.392 e. The molecular formula is C18H16N2O. The van der Waals surface area contributed by atoms with Gasteiger partial charge in [-0.25, -0.2) is 4.98 Å². The van der Waals surface area contributed by atoms with E-state index < -0.39 is 0 Å². The Kier molecular flexibility index (Phi) is 2.86. The van der Waals surface area contributed by atoms with E-state index in [1.54, 1.807) is 0 Å². The van der Waals surface area contributed by atoms with Gasteiger partial charge in [-0.3, -0.25) is 0 Å². The lowest BCUT2D eigenvalue weighted by molar-refractivity contribution is 0.282. The minimum atomic E-state index is 0.0139. The lowest BCUT2D eigenvalue weighted by Crippen LogP contribution is -2.18. The van der Waals surface area contributed by atoms with Crippen molar-refractivity contribution < 1.29 is 5.11 Å². The molecular weight excluding hydrogens is 260 g/mol. The number of nitrogens with zero attached hydrogens (tertiary/aromatic N) is 2. The Balaban J connectivity index is 1.80. The van der Waals surface area contributed by atoms with E-state index in [-0.39, 0.29) is 6.61 Å². The smallest absolute Gasteiger partial charge is 0.135 e.